The average Bonchev–Trinajstić information content (AvgIpc) is 2.89. The van der Waals surface area contributed by atoms with E-state index in [2.05, 4.69) is 17.3 Å². The molecule has 1 N–H and O–H groups in total. The summed E-state index contributed by atoms with van der Waals surface area (Å²) in [5.74, 6) is 1.07. The van der Waals surface area contributed by atoms with Gasteiger partial charge in [0.1, 0.15) is 0 Å². The van der Waals surface area contributed by atoms with Crippen LogP contribution in [0.3, 0.4) is 0 Å². The van der Waals surface area contributed by atoms with Crippen molar-refractivity contribution >= 4 is 5.91 Å². The molecule has 4 heteroatoms. The summed E-state index contributed by atoms with van der Waals surface area (Å²) in [6.45, 7) is 4.47. The number of carbonyl (C=O) groups excluding carboxylic acids is 1. The van der Waals surface area contributed by atoms with Crippen LogP contribution in [0.4, 0.5) is 0 Å². The number of piperidine rings is 1. The Hall–Kier alpha value is -0.610. The minimum atomic E-state index is 0.344. The Bertz CT molecular complexity index is 268. The molecule has 2 saturated heterocycles. The summed E-state index contributed by atoms with van der Waals surface area (Å²) in [5, 5.41) is 3.36. The van der Waals surface area contributed by atoms with Crippen LogP contribution in [0, 0.1) is 5.92 Å². The van der Waals surface area contributed by atoms with Gasteiger partial charge in [0.25, 0.3) is 0 Å². The maximum Gasteiger partial charge on any atom is 0.222 e. The Morgan fingerprint density at radius 2 is 2.06 bits per heavy atom. The third-order valence-electron chi connectivity index (χ3n) is 4.56. The average molecular weight is 253 g/mol. The van der Waals surface area contributed by atoms with Gasteiger partial charge < -0.3 is 15.1 Å². The Balaban J connectivity index is 1.70. The first-order valence-corrected chi connectivity index (χ1v) is 7.31. The van der Waals surface area contributed by atoms with Crippen LogP contribution in [-0.4, -0.2) is 62.0 Å². The third kappa shape index (κ3) is 3.69. The number of hydrogen-bond donors (Lipinski definition) is 1. The van der Waals surface area contributed by atoms with Crippen molar-refractivity contribution in [3.8, 4) is 0 Å². The first-order valence-electron chi connectivity index (χ1n) is 7.31. The molecule has 104 valence electrons. The highest BCUT2D eigenvalue weighted by Gasteiger charge is 2.24. The number of nitrogens with one attached hydrogen (secondary N) is 1. The lowest BCUT2D eigenvalue weighted by Gasteiger charge is -2.35. The molecule has 0 bridgehead atoms. The van der Waals surface area contributed by atoms with Crippen molar-refractivity contribution in [1.29, 1.82) is 0 Å². The maximum absolute atomic E-state index is 12.2. The van der Waals surface area contributed by atoms with Crippen LogP contribution in [0.2, 0.25) is 0 Å². The van der Waals surface area contributed by atoms with Gasteiger partial charge in [0.05, 0.1) is 0 Å². The van der Waals surface area contributed by atoms with E-state index in [-0.39, 0.29) is 0 Å². The van der Waals surface area contributed by atoms with Gasteiger partial charge in [0.15, 0.2) is 0 Å². The predicted molar refractivity (Wildman–Crippen MR) is 73.5 cm³/mol. The van der Waals surface area contributed by atoms with Crippen molar-refractivity contribution in [2.24, 2.45) is 5.92 Å². The first kappa shape index (κ1) is 13.8. The Morgan fingerprint density at radius 1 is 1.33 bits per heavy atom. The van der Waals surface area contributed by atoms with Crippen LogP contribution in [0.5, 0.6) is 0 Å². The molecule has 0 aromatic carbocycles. The standard InChI is InChI=1S/C14H27N3O/c1-16-9-6-13(7-10-16)17(2)14(18)4-3-12-5-8-15-11-12/h12-13,15H,3-11H2,1-2H3. The Morgan fingerprint density at radius 3 is 2.67 bits per heavy atom. The first-order chi connectivity index (χ1) is 8.66. The molecule has 0 aromatic heterocycles. The van der Waals surface area contributed by atoms with E-state index in [0.29, 0.717) is 11.9 Å². The quantitative estimate of drug-likeness (QED) is 0.809. The van der Waals surface area contributed by atoms with Gasteiger partial charge in [-0.3, -0.25) is 4.79 Å². The number of hydrogen-bond acceptors (Lipinski definition) is 3. The molecule has 0 aliphatic carbocycles. The van der Waals surface area contributed by atoms with Gasteiger partial charge in [-0.2, -0.15) is 0 Å². The molecular formula is C14H27N3O. The van der Waals surface area contributed by atoms with Crippen LogP contribution >= 0.6 is 0 Å². The van der Waals surface area contributed by atoms with Gasteiger partial charge >= 0.3 is 0 Å². The lowest BCUT2D eigenvalue weighted by Crippen LogP contribution is -2.44. The lowest BCUT2D eigenvalue weighted by molar-refractivity contribution is -0.133. The maximum atomic E-state index is 12.2. The van der Waals surface area contributed by atoms with Crippen molar-refractivity contribution < 1.29 is 4.79 Å². The topological polar surface area (TPSA) is 35.6 Å². The number of nitrogens with zero attached hydrogens (tertiary/aromatic N) is 2. The second-order valence-electron chi connectivity index (χ2n) is 5.94. The zero-order valence-electron chi connectivity index (χ0n) is 11.8. The summed E-state index contributed by atoms with van der Waals surface area (Å²) in [7, 11) is 4.15. The molecule has 0 radical (unpaired) electrons. The third-order valence-corrected chi connectivity index (χ3v) is 4.56. The van der Waals surface area contributed by atoms with E-state index < -0.39 is 0 Å². The largest absolute Gasteiger partial charge is 0.343 e. The molecular weight excluding hydrogens is 226 g/mol. The van der Waals surface area contributed by atoms with Crippen molar-refractivity contribution in [3.63, 3.8) is 0 Å². The molecule has 2 fully saturated rings. The minimum absolute atomic E-state index is 0.344. The van der Waals surface area contributed by atoms with Crippen molar-refractivity contribution in [2.75, 3.05) is 40.3 Å². The van der Waals surface area contributed by atoms with E-state index in [1.165, 1.54) is 6.42 Å². The fraction of sp³-hybridized carbons (Fsp3) is 0.929. The normalized spacial score (nSPS) is 26.4. The highest BCUT2D eigenvalue weighted by molar-refractivity contribution is 5.76. The summed E-state index contributed by atoms with van der Waals surface area (Å²) in [5.41, 5.74) is 0. The van der Waals surface area contributed by atoms with E-state index in [4.69, 9.17) is 0 Å². The highest BCUT2D eigenvalue weighted by atomic mass is 16.2. The summed E-state index contributed by atoms with van der Waals surface area (Å²) < 4.78 is 0. The Kier molecular flexibility index (Phi) is 5.01. The molecule has 0 saturated carbocycles. The Labute approximate surface area is 111 Å². The molecule has 2 rings (SSSR count). The van der Waals surface area contributed by atoms with E-state index in [1.807, 2.05) is 11.9 Å². The second kappa shape index (κ2) is 6.53. The molecule has 1 unspecified atom stereocenters. The highest BCUT2D eigenvalue weighted by Crippen LogP contribution is 2.18. The van der Waals surface area contributed by atoms with Crippen molar-refractivity contribution in [3.05, 3.63) is 0 Å². The van der Waals surface area contributed by atoms with Gasteiger partial charge in [-0.15, -0.1) is 0 Å². The molecule has 2 aliphatic rings. The fourth-order valence-corrected chi connectivity index (χ4v) is 3.05. The fourth-order valence-electron chi connectivity index (χ4n) is 3.05. The zero-order chi connectivity index (χ0) is 13.0. The second-order valence-corrected chi connectivity index (χ2v) is 5.94. The van der Waals surface area contributed by atoms with Crippen LogP contribution in [0.1, 0.15) is 32.1 Å². The number of amides is 1. The predicted octanol–water partition coefficient (Wildman–Crippen LogP) is 0.929. The molecule has 1 atom stereocenters. The smallest absolute Gasteiger partial charge is 0.222 e. The molecule has 2 aliphatic heterocycles. The summed E-state index contributed by atoms with van der Waals surface area (Å²) >= 11 is 0. The van der Waals surface area contributed by atoms with Crippen LogP contribution < -0.4 is 5.32 Å². The molecule has 2 heterocycles. The summed E-state index contributed by atoms with van der Waals surface area (Å²) in [4.78, 5) is 16.5. The van der Waals surface area contributed by atoms with E-state index in [9.17, 15) is 4.79 Å². The van der Waals surface area contributed by atoms with Crippen LogP contribution in [0.25, 0.3) is 0 Å². The van der Waals surface area contributed by atoms with Gasteiger partial charge in [0.2, 0.25) is 5.91 Å². The molecule has 4 nitrogen and oxygen atoms in total. The number of carbonyl (C=O) groups is 1. The molecule has 18 heavy (non-hydrogen) atoms. The van der Waals surface area contributed by atoms with Gasteiger partial charge in [-0.1, -0.05) is 0 Å². The number of likely N-dealkylation sites (tertiary alicyclic amines) is 1. The van der Waals surface area contributed by atoms with Crippen molar-refractivity contribution in [2.45, 2.75) is 38.1 Å². The van der Waals surface area contributed by atoms with Gasteiger partial charge in [-0.25, -0.2) is 0 Å². The molecule has 0 spiro atoms. The van der Waals surface area contributed by atoms with Gasteiger partial charge in [-0.05, 0) is 64.8 Å². The van der Waals surface area contributed by atoms with Crippen LogP contribution in [-0.2, 0) is 4.79 Å². The lowest BCUT2D eigenvalue weighted by atomic mass is 10.0. The van der Waals surface area contributed by atoms with Gasteiger partial charge in [0, 0.05) is 19.5 Å². The summed E-state index contributed by atoms with van der Waals surface area (Å²) in [6, 6.07) is 0.468. The number of rotatable bonds is 4. The van der Waals surface area contributed by atoms with Crippen molar-refractivity contribution in [1.82, 2.24) is 15.1 Å². The molecule has 1 amide bonds. The van der Waals surface area contributed by atoms with E-state index >= 15 is 0 Å². The van der Waals surface area contributed by atoms with E-state index in [0.717, 1.165) is 57.8 Å². The summed E-state index contributed by atoms with van der Waals surface area (Å²) in [6.07, 6.45) is 5.29. The van der Waals surface area contributed by atoms with E-state index in [1.54, 1.807) is 0 Å². The zero-order valence-corrected chi connectivity index (χ0v) is 11.8. The monoisotopic (exact) mass is 253 g/mol. The SMILES string of the molecule is CN1CCC(N(C)C(=O)CCC2CCNC2)CC1. The minimum Gasteiger partial charge on any atom is -0.343 e. The molecule has 0 aromatic rings. The van der Waals surface area contributed by atoms with Crippen LogP contribution in [0.15, 0.2) is 0 Å².